The monoisotopic (exact) mass is 322 g/mol. The summed E-state index contributed by atoms with van der Waals surface area (Å²) in [5.74, 6) is 0.384. The minimum atomic E-state index is -0.497. The summed E-state index contributed by atoms with van der Waals surface area (Å²) in [4.78, 5) is 10.2. The number of benzene rings is 2. The van der Waals surface area contributed by atoms with E-state index in [1.165, 1.54) is 12.1 Å². The zero-order chi connectivity index (χ0) is 13.8. The van der Waals surface area contributed by atoms with Crippen LogP contribution in [0.5, 0.6) is 5.75 Å². The van der Waals surface area contributed by atoms with Crippen molar-refractivity contribution < 1.29 is 9.66 Å². The number of nitrogen functional groups attached to an aromatic ring is 1. The molecular formula is C13H11BrN2O3. The fourth-order valence-corrected chi connectivity index (χ4v) is 1.81. The van der Waals surface area contributed by atoms with E-state index in [-0.39, 0.29) is 5.69 Å². The van der Waals surface area contributed by atoms with Crippen molar-refractivity contribution in [2.24, 2.45) is 0 Å². The molecule has 2 N–H and O–H groups in total. The maximum atomic E-state index is 10.7. The average molecular weight is 323 g/mol. The average Bonchev–Trinajstić information content (AvgIpc) is 2.37. The largest absolute Gasteiger partial charge is 0.489 e. The number of hydrogen-bond donors (Lipinski definition) is 1. The van der Waals surface area contributed by atoms with Crippen LogP contribution in [0.3, 0.4) is 0 Å². The summed E-state index contributed by atoms with van der Waals surface area (Å²) >= 11 is 3.34. The lowest BCUT2D eigenvalue weighted by Crippen LogP contribution is -1.98. The number of non-ortho nitro benzene ring substituents is 1. The van der Waals surface area contributed by atoms with E-state index in [9.17, 15) is 10.1 Å². The first-order valence-corrected chi connectivity index (χ1v) is 6.26. The highest BCUT2D eigenvalue weighted by Gasteiger charge is 2.09. The highest BCUT2D eigenvalue weighted by Crippen LogP contribution is 2.25. The third-order valence-electron chi connectivity index (χ3n) is 2.44. The number of halogens is 1. The summed E-state index contributed by atoms with van der Waals surface area (Å²) in [5.41, 5.74) is 6.79. The number of nitro benzene ring substituents is 1. The second kappa shape index (κ2) is 5.71. The molecular weight excluding hydrogens is 312 g/mol. The molecule has 0 amide bonds. The number of nitrogens with zero attached hydrogens (tertiary/aromatic N) is 1. The summed E-state index contributed by atoms with van der Waals surface area (Å²) in [6.07, 6.45) is 0. The van der Waals surface area contributed by atoms with Crippen molar-refractivity contribution >= 4 is 27.3 Å². The van der Waals surface area contributed by atoms with Gasteiger partial charge in [-0.25, -0.2) is 0 Å². The second-order valence-corrected chi connectivity index (χ2v) is 4.85. The maximum absolute atomic E-state index is 10.7. The second-order valence-electron chi connectivity index (χ2n) is 3.93. The summed E-state index contributed by atoms with van der Waals surface area (Å²) in [7, 11) is 0. The lowest BCUT2D eigenvalue weighted by atomic mass is 10.2. The molecule has 0 aliphatic heterocycles. The zero-order valence-electron chi connectivity index (χ0n) is 9.88. The Morgan fingerprint density at radius 1 is 1.21 bits per heavy atom. The van der Waals surface area contributed by atoms with Crippen molar-refractivity contribution in [3.8, 4) is 5.75 Å². The van der Waals surface area contributed by atoms with Crippen LogP contribution >= 0.6 is 15.9 Å². The van der Waals surface area contributed by atoms with Crippen LogP contribution in [-0.4, -0.2) is 4.92 Å². The molecule has 98 valence electrons. The van der Waals surface area contributed by atoms with E-state index in [4.69, 9.17) is 10.5 Å². The van der Waals surface area contributed by atoms with Gasteiger partial charge >= 0.3 is 0 Å². The Morgan fingerprint density at radius 3 is 2.53 bits per heavy atom. The van der Waals surface area contributed by atoms with Gasteiger partial charge in [0.1, 0.15) is 12.4 Å². The Hall–Kier alpha value is -2.08. The fraction of sp³-hybridized carbons (Fsp3) is 0.0769. The normalized spacial score (nSPS) is 10.2. The molecule has 0 bridgehead atoms. The van der Waals surface area contributed by atoms with E-state index in [0.29, 0.717) is 18.0 Å². The van der Waals surface area contributed by atoms with E-state index in [1.807, 2.05) is 24.3 Å². The van der Waals surface area contributed by atoms with Crippen LogP contribution in [0.15, 0.2) is 46.9 Å². The molecule has 0 atom stereocenters. The van der Waals surface area contributed by atoms with Crippen molar-refractivity contribution in [1.29, 1.82) is 0 Å². The first-order chi connectivity index (χ1) is 9.04. The lowest BCUT2D eigenvalue weighted by Gasteiger charge is -2.07. The summed E-state index contributed by atoms with van der Waals surface area (Å²) < 4.78 is 6.49. The van der Waals surface area contributed by atoms with Gasteiger partial charge in [-0.3, -0.25) is 10.1 Å². The van der Waals surface area contributed by atoms with Gasteiger partial charge in [-0.05, 0) is 17.7 Å². The molecule has 0 aliphatic carbocycles. The van der Waals surface area contributed by atoms with Crippen LogP contribution in [0.1, 0.15) is 5.56 Å². The predicted molar refractivity (Wildman–Crippen MR) is 76.0 cm³/mol. The molecule has 0 unspecified atom stereocenters. The number of rotatable bonds is 4. The molecule has 0 radical (unpaired) electrons. The minimum Gasteiger partial charge on any atom is -0.489 e. The summed E-state index contributed by atoms with van der Waals surface area (Å²) in [5, 5.41) is 10.7. The van der Waals surface area contributed by atoms with Crippen LogP contribution in [0.4, 0.5) is 11.4 Å². The smallest absolute Gasteiger partial charge is 0.275 e. The van der Waals surface area contributed by atoms with Crippen molar-refractivity contribution in [1.82, 2.24) is 0 Å². The first-order valence-electron chi connectivity index (χ1n) is 5.47. The van der Waals surface area contributed by atoms with E-state index in [2.05, 4.69) is 15.9 Å². The lowest BCUT2D eigenvalue weighted by molar-refractivity contribution is -0.384. The van der Waals surface area contributed by atoms with Crippen molar-refractivity contribution in [3.63, 3.8) is 0 Å². The number of nitrogens with two attached hydrogens (primary N) is 1. The molecule has 19 heavy (non-hydrogen) atoms. The molecule has 6 heteroatoms. The minimum absolute atomic E-state index is 0.0780. The Balaban J connectivity index is 2.11. The molecule has 0 saturated heterocycles. The third kappa shape index (κ3) is 3.69. The van der Waals surface area contributed by atoms with Crippen LogP contribution in [-0.2, 0) is 6.61 Å². The van der Waals surface area contributed by atoms with Gasteiger partial charge in [0.25, 0.3) is 5.69 Å². The fourth-order valence-electron chi connectivity index (χ4n) is 1.54. The number of anilines is 1. The topological polar surface area (TPSA) is 78.4 Å². The van der Waals surface area contributed by atoms with Crippen molar-refractivity contribution in [2.75, 3.05) is 5.73 Å². The Morgan fingerprint density at radius 2 is 1.89 bits per heavy atom. The maximum Gasteiger partial charge on any atom is 0.275 e. The molecule has 0 aliphatic rings. The molecule has 0 aromatic heterocycles. The number of hydrogen-bond acceptors (Lipinski definition) is 4. The first kappa shape index (κ1) is 13.4. The van der Waals surface area contributed by atoms with Crippen LogP contribution in [0, 0.1) is 10.1 Å². The van der Waals surface area contributed by atoms with Crippen LogP contribution in [0.25, 0.3) is 0 Å². The summed E-state index contributed by atoms with van der Waals surface area (Å²) in [6, 6.07) is 11.8. The number of ether oxygens (including phenoxy) is 1. The highest BCUT2D eigenvalue weighted by molar-refractivity contribution is 9.10. The highest BCUT2D eigenvalue weighted by atomic mass is 79.9. The standard InChI is InChI=1S/C13H11BrN2O3/c14-10-3-1-9(2-4-10)8-19-13-6-11(15)5-12(7-13)16(17)18/h1-7H,8,15H2. The van der Waals surface area contributed by atoms with E-state index in [0.717, 1.165) is 10.0 Å². The van der Waals surface area contributed by atoms with E-state index in [1.54, 1.807) is 6.07 Å². The Bertz CT molecular complexity index is 599. The SMILES string of the molecule is Nc1cc(OCc2ccc(Br)cc2)cc([N+](=O)[O-])c1. The van der Waals surface area contributed by atoms with Crippen LogP contribution in [0.2, 0.25) is 0 Å². The van der Waals surface area contributed by atoms with Gasteiger partial charge in [0.2, 0.25) is 0 Å². The van der Waals surface area contributed by atoms with E-state index < -0.39 is 4.92 Å². The predicted octanol–water partition coefficient (Wildman–Crippen LogP) is 3.52. The third-order valence-corrected chi connectivity index (χ3v) is 2.97. The summed E-state index contributed by atoms with van der Waals surface area (Å²) in [6.45, 7) is 0.327. The van der Waals surface area contributed by atoms with Crippen LogP contribution < -0.4 is 10.5 Å². The Labute approximate surface area is 118 Å². The molecule has 0 spiro atoms. The Kier molecular flexibility index (Phi) is 4.01. The zero-order valence-corrected chi connectivity index (χ0v) is 11.5. The molecule has 0 fully saturated rings. The van der Waals surface area contributed by atoms with Gasteiger partial charge in [0.15, 0.2) is 0 Å². The quantitative estimate of drug-likeness (QED) is 0.530. The molecule has 2 aromatic carbocycles. The van der Waals surface area contributed by atoms with Gasteiger partial charge in [-0.2, -0.15) is 0 Å². The molecule has 5 nitrogen and oxygen atoms in total. The van der Waals surface area contributed by atoms with Gasteiger partial charge < -0.3 is 10.5 Å². The van der Waals surface area contributed by atoms with Gasteiger partial charge in [0.05, 0.1) is 11.0 Å². The molecule has 0 saturated carbocycles. The number of nitro groups is 1. The van der Waals surface area contributed by atoms with Gasteiger partial charge in [-0.1, -0.05) is 28.1 Å². The molecule has 0 heterocycles. The van der Waals surface area contributed by atoms with Crippen molar-refractivity contribution in [2.45, 2.75) is 6.61 Å². The van der Waals surface area contributed by atoms with Gasteiger partial charge in [0, 0.05) is 22.3 Å². The van der Waals surface area contributed by atoms with Gasteiger partial charge in [-0.15, -0.1) is 0 Å². The van der Waals surface area contributed by atoms with E-state index >= 15 is 0 Å². The molecule has 2 aromatic rings. The van der Waals surface area contributed by atoms with Crippen molar-refractivity contribution in [3.05, 3.63) is 62.6 Å². The molecule has 2 rings (SSSR count).